The van der Waals surface area contributed by atoms with Crippen molar-refractivity contribution in [1.29, 1.82) is 0 Å². The highest BCUT2D eigenvalue weighted by atomic mass is 32.1. The molecule has 7 heteroatoms. The zero-order chi connectivity index (χ0) is 13.4. The van der Waals surface area contributed by atoms with Gasteiger partial charge in [0.25, 0.3) is 0 Å². The van der Waals surface area contributed by atoms with Gasteiger partial charge in [-0.15, -0.1) is 22.7 Å². The maximum atomic E-state index is 11.1. The number of nitrogens with zero attached hydrogens (tertiary/aromatic N) is 3. The average Bonchev–Trinajstić information content (AvgIpc) is 3.05. The number of aryl methyl sites for hydroxylation is 1. The summed E-state index contributed by atoms with van der Waals surface area (Å²) in [4.78, 5) is 16.5. The van der Waals surface area contributed by atoms with Crippen LogP contribution in [-0.2, 0) is 6.42 Å². The molecule has 0 aliphatic carbocycles. The summed E-state index contributed by atoms with van der Waals surface area (Å²) in [6.45, 7) is 2.08. The van der Waals surface area contributed by atoms with Crippen LogP contribution < -0.4 is 0 Å². The van der Waals surface area contributed by atoms with Crippen molar-refractivity contribution >= 4 is 38.9 Å². The Morgan fingerprint density at radius 3 is 3.00 bits per heavy atom. The first-order valence-electron chi connectivity index (χ1n) is 5.85. The number of aromatic nitrogens is 3. The predicted molar refractivity (Wildman–Crippen MR) is 75.6 cm³/mol. The summed E-state index contributed by atoms with van der Waals surface area (Å²) in [6, 6.07) is 1.71. The third kappa shape index (κ3) is 2.04. The number of hydrogen-bond acceptors (Lipinski definition) is 5. The van der Waals surface area contributed by atoms with Crippen LogP contribution in [0.2, 0.25) is 0 Å². The van der Waals surface area contributed by atoms with E-state index in [-0.39, 0.29) is 0 Å². The number of thiazole rings is 1. The van der Waals surface area contributed by atoms with E-state index < -0.39 is 5.97 Å². The highest BCUT2D eigenvalue weighted by Gasteiger charge is 2.18. The van der Waals surface area contributed by atoms with Gasteiger partial charge in [0, 0.05) is 17.0 Å². The summed E-state index contributed by atoms with van der Waals surface area (Å²) >= 11 is 2.73. The standard InChI is InChI=1S/C12H11N3O2S2/c1-2-3-8-7-6-9(11(16)17)19-10(7)15(14-8)12-13-4-5-18-12/h4-6H,2-3H2,1H3,(H,16,17). The lowest BCUT2D eigenvalue weighted by Crippen LogP contribution is -1.96. The van der Waals surface area contributed by atoms with Gasteiger partial charge in [-0.1, -0.05) is 13.3 Å². The normalized spacial score (nSPS) is 11.2. The molecule has 3 aromatic heterocycles. The van der Waals surface area contributed by atoms with Gasteiger partial charge in [-0.25, -0.2) is 9.78 Å². The fourth-order valence-electron chi connectivity index (χ4n) is 1.94. The second-order valence-electron chi connectivity index (χ2n) is 4.06. The molecule has 0 unspecified atom stereocenters. The van der Waals surface area contributed by atoms with Crippen LogP contribution in [0, 0.1) is 0 Å². The number of carboxylic acids is 1. The van der Waals surface area contributed by atoms with E-state index in [2.05, 4.69) is 17.0 Å². The molecule has 0 radical (unpaired) electrons. The molecule has 0 bridgehead atoms. The Morgan fingerprint density at radius 2 is 2.37 bits per heavy atom. The number of thiophene rings is 1. The fraction of sp³-hybridized carbons (Fsp3) is 0.250. The summed E-state index contributed by atoms with van der Waals surface area (Å²) in [7, 11) is 0. The lowest BCUT2D eigenvalue weighted by atomic mass is 10.2. The largest absolute Gasteiger partial charge is 0.477 e. The third-order valence-corrected chi connectivity index (χ3v) is 4.58. The molecule has 0 aliphatic rings. The Balaban J connectivity index is 2.24. The molecule has 3 aromatic rings. The SMILES string of the molecule is CCCc1nn(-c2nccs2)c2sc(C(=O)O)cc12. The number of aromatic carboxylic acids is 1. The van der Waals surface area contributed by atoms with Crippen molar-refractivity contribution < 1.29 is 9.90 Å². The van der Waals surface area contributed by atoms with Crippen LogP contribution in [0.3, 0.4) is 0 Å². The van der Waals surface area contributed by atoms with Crippen molar-refractivity contribution in [3.63, 3.8) is 0 Å². The summed E-state index contributed by atoms with van der Waals surface area (Å²) in [5, 5.41) is 17.3. The molecule has 0 amide bonds. The van der Waals surface area contributed by atoms with Crippen LogP contribution in [0.1, 0.15) is 28.7 Å². The van der Waals surface area contributed by atoms with Gasteiger partial charge in [-0.3, -0.25) is 0 Å². The van der Waals surface area contributed by atoms with Crippen LogP contribution in [-0.4, -0.2) is 25.8 Å². The van der Waals surface area contributed by atoms with Gasteiger partial charge in [-0.2, -0.15) is 9.78 Å². The topological polar surface area (TPSA) is 68.0 Å². The van der Waals surface area contributed by atoms with Crippen molar-refractivity contribution in [2.24, 2.45) is 0 Å². The van der Waals surface area contributed by atoms with Crippen LogP contribution in [0.4, 0.5) is 0 Å². The van der Waals surface area contributed by atoms with E-state index in [9.17, 15) is 4.79 Å². The van der Waals surface area contributed by atoms with E-state index >= 15 is 0 Å². The maximum absolute atomic E-state index is 11.1. The molecule has 1 N–H and O–H groups in total. The van der Waals surface area contributed by atoms with Gasteiger partial charge in [0.2, 0.25) is 5.13 Å². The molecule has 0 fully saturated rings. The van der Waals surface area contributed by atoms with Gasteiger partial charge in [0.15, 0.2) is 0 Å². The van der Waals surface area contributed by atoms with Crippen LogP contribution in [0.15, 0.2) is 17.6 Å². The zero-order valence-corrected chi connectivity index (χ0v) is 11.8. The molecule has 3 rings (SSSR count). The van der Waals surface area contributed by atoms with Crippen molar-refractivity contribution in [2.45, 2.75) is 19.8 Å². The summed E-state index contributed by atoms with van der Waals surface area (Å²) in [5.74, 6) is -0.894. The first-order valence-corrected chi connectivity index (χ1v) is 7.55. The minimum atomic E-state index is -0.894. The van der Waals surface area contributed by atoms with Crippen molar-refractivity contribution in [3.8, 4) is 5.13 Å². The zero-order valence-electron chi connectivity index (χ0n) is 10.2. The summed E-state index contributed by atoms with van der Waals surface area (Å²) < 4.78 is 1.75. The first-order chi connectivity index (χ1) is 9.20. The molecule has 0 aliphatic heterocycles. The molecule has 3 heterocycles. The van der Waals surface area contributed by atoms with Crippen LogP contribution in [0.5, 0.6) is 0 Å². The number of carboxylic acid groups (broad SMARTS) is 1. The van der Waals surface area contributed by atoms with Gasteiger partial charge in [0.1, 0.15) is 9.71 Å². The Kier molecular flexibility index (Phi) is 3.08. The monoisotopic (exact) mass is 293 g/mol. The van der Waals surface area contributed by atoms with Gasteiger partial charge in [-0.05, 0) is 12.5 Å². The smallest absolute Gasteiger partial charge is 0.345 e. The Bertz CT molecular complexity index is 728. The highest BCUT2D eigenvalue weighted by molar-refractivity contribution is 7.20. The number of rotatable bonds is 4. The van der Waals surface area contributed by atoms with Crippen molar-refractivity contribution in [2.75, 3.05) is 0 Å². The molecular formula is C12H11N3O2S2. The molecule has 0 saturated heterocycles. The number of carbonyl (C=O) groups is 1. The Hall–Kier alpha value is -1.73. The summed E-state index contributed by atoms with van der Waals surface area (Å²) in [6.07, 6.45) is 3.53. The van der Waals surface area contributed by atoms with E-state index in [0.717, 1.165) is 33.9 Å². The molecule has 0 saturated carbocycles. The third-order valence-electron chi connectivity index (χ3n) is 2.73. The van der Waals surface area contributed by atoms with Gasteiger partial charge < -0.3 is 5.11 Å². The highest BCUT2D eigenvalue weighted by Crippen LogP contribution is 2.31. The summed E-state index contributed by atoms with van der Waals surface area (Å²) in [5.41, 5.74) is 0.941. The first kappa shape index (κ1) is 12.3. The van der Waals surface area contributed by atoms with Crippen LogP contribution >= 0.6 is 22.7 Å². The predicted octanol–water partition coefficient (Wildman–Crippen LogP) is 3.19. The van der Waals surface area contributed by atoms with E-state index in [0.29, 0.717) is 4.88 Å². The lowest BCUT2D eigenvalue weighted by molar-refractivity contribution is 0.0702. The second kappa shape index (κ2) is 4.75. The maximum Gasteiger partial charge on any atom is 0.345 e. The lowest BCUT2D eigenvalue weighted by Gasteiger charge is -1.95. The average molecular weight is 293 g/mol. The molecule has 0 aromatic carbocycles. The van der Waals surface area contributed by atoms with E-state index in [1.807, 2.05) is 5.38 Å². The van der Waals surface area contributed by atoms with Gasteiger partial charge >= 0.3 is 5.97 Å². The van der Waals surface area contributed by atoms with E-state index in [4.69, 9.17) is 5.11 Å². The van der Waals surface area contributed by atoms with Crippen molar-refractivity contribution in [3.05, 3.63) is 28.2 Å². The number of hydrogen-bond donors (Lipinski definition) is 1. The fourth-order valence-corrected chi connectivity index (χ4v) is 3.57. The molecule has 19 heavy (non-hydrogen) atoms. The van der Waals surface area contributed by atoms with Gasteiger partial charge in [0.05, 0.1) is 5.69 Å². The van der Waals surface area contributed by atoms with Crippen LogP contribution in [0.25, 0.3) is 15.3 Å². The van der Waals surface area contributed by atoms with Crippen molar-refractivity contribution in [1.82, 2.24) is 14.8 Å². The molecular weight excluding hydrogens is 282 g/mol. The minimum Gasteiger partial charge on any atom is -0.477 e. The molecule has 0 atom stereocenters. The Labute approximate surface area is 117 Å². The second-order valence-corrected chi connectivity index (χ2v) is 5.96. The molecule has 98 valence electrons. The Morgan fingerprint density at radius 1 is 1.53 bits per heavy atom. The quantitative estimate of drug-likeness (QED) is 0.802. The number of fused-ring (bicyclic) bond motifs is 1. The molecule has 0 spiro atoms. The van der Waals surface area contributed by atoms with E-state index in [1.54, 1.807) is 16.9 Å². The van der Waals surface area contributed by atoms with E-state index in [1.165, 1.54) is 22.7 Å². The minimum absolute atomic E-state index is 0.343. The molecule has 5 nitrogen and oxygen atoms in total.